The van der Waals surface area contributed by atoms with Crippen LogP contribution >= 0.6 is 0 Å². The van der Waals surface area contributed by atoms with Gasteiger partial charge in [0.2, 0.25) is 5.43 Å². The number of aromatic carboxylic acids is 1. The molecule has 31 heavy (non-hydrogen) atoms. The summed E-state index contributed by atoms with van der Waals surface area (Å²) in [5.41, 5.74) is 2.64. The fraction of sp³-hybridized carbons (Fsp3) is 0.304. The van der Waals surface area contributed by atoms with E-state index in [0.717, 1.165) is 29.5 Å². The molecule has 2 N–H and O–H groups in total. The van der Waals surface area contributed by atoms with Crippen LogP contribution in [0.1, 0.15) is 53.3 Å². The highest BCUT2D eigenvalue weighted by Crippen LogP contribution is 2.41. The average Bonchev–Trinajstić information content (AvgIpc) is 3.50. The smallest absolute Gasteiger partial charge is 0.387 e. The van der Waals surface area contributed by atoms with Crippen molar-refractivity contribution in [3.8, 4) is 16.9 Å². The molecular weight excluding hydrogens is 406 g/mol. The van der Waals surface area contributed by atoms with Crippen LogP contribution in [-0.2, 0) is 6.54 Å². The van der Waals surface area contributed by atoms with Crippen molar-refractivity contribution in [2.75, 3.05) is 0 Å². The third kappa shape index (κ3) is 3.37. The third-order valence-corrected chi connectivity index (χ3v) is 6.02. The number of hydrogen-bond acceptors (Lipinski definition) is 4. The fourth-order valence-electron chi connectivity index (χ4n) is 4.33. The molecule has 160 valence electrons. The summed E-state index contributed by atoms with van der Waals surface area (Å²) >= 11 is 0. The number of aromatic nitrogens is 1. The van der Waals surface area contributed by atoms with Gasteiger partial charge in [0.25, 0.3) is 0 Å². The van der Waals surface area contributed by atoms with Gasteiger partial charge in [-0.3, -0.25) is 4.79 Å². The van der Waals surface area contributed by atoms with Crippen LogP contribution in [0.5, 0.6) is 5.75 Å². The monoisotopic (exact) mass is 426 g/mol. The highest BCUT2D eigenvalue weighted by Gasteiger charge is 2.29. The molecule has 1 aromatic heterocycles. The van der Waals surface area contributed by atoms with Crippen molar-refractivity contribution >= 4 is 16.9 Å². The summed E-state index contributed by atoms with van der Waals surface area (Å²) in [6, 6.07) is 9.07. The molecule has 0 bridgehead atoms. The zero-order chi connectivity index (χ0) is 21.9. The first-order valence-electron chi connectivity index (χ1n) is 10.1. The molecule has 1 aliphatic heterocycles. The molecule has 0 saturated heterocycles. The van der Waals surface area contributed by atoms with Crippen LogP contribution in [0, 0.1) is 0 Å². The maximum absolute atomic E-state index is 13.3. The van der Waals surface area contributed by atoms with Gasteiger partial charge in [-0.1, -0.05) is 12.1 Å². The number of benzene rings is 2. The standard InChI is InChI=1S/C23H20F2N2O4/c1-11-16-5-2-12(6-14(16)9-26-11)13-7-17-20(19(8-13)31-23(24)25)27(15-3-4-15)10-18(21(17)28)22(29)30/h2,5-8,10-11,15,23,26H,3-4,9H2,1H3,(H,29,30)/t11-/m1/s1. The lowest BCUT2D eigenvalue weighted by atomic mass is 9.96. The van der Waals surface area contributed by atoms with Gasteiger partial charge in [-0.25, -0.2) is 4.79 Å². The molecule has 8 heteroatoms. The molecule has 1 atom stereocenters. The second-order valence-corrected chi connectivity index (χ2v) is 8.08. The van der Waals surface area contributed by atoms with E-state index in [4.69, 9.17) is 4.74 Å². The molecule has 2 heterocycles. The number of halogens is 2. The summed E-state index contributed by atoms with van der Waals surface area (Å²) in [5.74, 6) is -1.48. The van der Waals surface area contributed by atoms with E-state index in [9.17, 15) is 23.5 Å². The number of hydrogen-bond donors (Lipinski definition) is 2. The number of nitrogens with one attached hydrogen (secondary N) is 1. The van der Waals surface area contributed by atoms with Gasteiger partial charge >= 0.3 is 12.6 Å². The maximum atomic E-state index is 13.3. The summed E-state index contributed by atoms with van der Waals surface area (Å²) in [5, 5.41) is 12.9. The molecule has 0 spiro atoms. The van der Waals surface area contributed by atoms with Gasteiger partial charge < -0.3 is 19.7 Å². The Morgan fingerprint density at radius 1 is 1.23 bits per heavy atom. The lowest BCUT2D eigenvalue weighted by molar-refractivity contribution is -0.0490. The molecular formula is C23H20F2N2O4. The van der Waals surface area contributed by atoms with E-state index in [2.05, 4.69) is 12.2 Å². The normalized spacial score (nSPS) is 17.9. The van der Waals surface area contributed by atoms with E-state index in [-0.39, 0.29) is 34.3 Å². The molecule has 1 aliphatic carbocycles. The van der Waals surface area contributed by atoms with E-state index in [0.29, 0.717) is 12.1 Å². The lowest BCUT2D eigenvalue weighted by Crippen LogP contribution is -2.19. The lowest BCUT2D eigenvalue weighted by Gasteiger charge is -2.17. The number of alkyl halides is 2. The van der Waals surface area contributed by atoms with Crippen LogP contribution in [0.15, 0.2) is 41.3 Å². The number of fused-ring (bicyclic) bond motifs is 2. The Hall–Kier alpha value is -3.26. The topological polar surface area (TPSA) is 80.6 Å². The molecule has 0 unspecified atom stereocenters. The summed E-state index contributed by atoms with van der Waals surface area (Å²) in [6.07, 6.45) is 2.80. The third-order valence-electron chi connectivity index (χ3n) is 6.02. The van der Waals surface area contributed by atoms with Crippen molar-refractivity contribution in [3.05, 3.63) is 63.4 Å². The van der Waals surface area contributed by atoms with Gasteiger partial charge in [0.15, 0.2) is 5.75 Å². The maximum Gasteiger partial charge on any atom is 0.387 e. The van der Waals surface area contributed by atoms with Gasteiger partial charge in [0, 0.05) is 24.8 Å². The highest BCUT2D eigenvalue weighted by atomic mass is 19.3. The van der Waals surface area contributed by atoms with Gasteiger partial charge in [-0.15, -0.1) is 0 Å². The second-order valence-electron chi connectivity index (χ2n) is 8.08. The largest absolute Gasteiger partial charge is 0.477 e. The average molecular weight is 426 g/mol. The fourth-order valence-corrected chi connectivity index (χ4v) is 4.33. The number of ether oxygens (including phenoxy) is 1. The minimum absolute atomic E-state index is 0.0420. The number of pyridine rings is 1. The van der Waals surface area contributed by atoms with E-state index < -0.39 is 18.0 Å². The first-order valence-corrected chi connectivity index (χ1v) is 10.1. The summed E-state index contributed by atoms with van der Waals surface area (Å²) < 4.78 is 32.9. The highest BCUT2D eigenvalue weighted by molar-refractivity contribution is 5.96. The van der Waals surface area contributed by atoms with Gasteiger partial charge in [0.1, 0.15) is 5.56 Å². The van der Waals surface area contributed by atoms with Crippen LogP contribution in [0.2, 0.25) is 0 Å². The minimum atomic E-state index is -3.08. The summed E-state index contributed by atoms with van der Waals surface area (Å²) in [6.45, 7) is -0.328. The Morgan fingerprint density at radius 3 is 2.68 bits per heavy atom. The molecule has 2 aliphatic rings. The van der Waals surface area contributed by atoms with E-state index in [1.807, 2.05) is 18.2 Å². The molecule has 2 aromatic carbocycles. The van der Waals surface area contributed by atoms with Crippen molar-refractivity contribution in [2.24, 2.45) is 0 Å². The Bertz CT molecular complexity index is 1280. The molecule has 6 nitrogen and oxygen atoms in total. The van der Waals surface area contributed by atoms with Crippen LogP contribution in [0.25, 0.3) is 22.0 Å². The number of nitrogens with zero attached hydrogens (tertiary/aromatic N) is 1. The summed E-state index contributed by atoms with van der Waals surface area (Å²) in [4.78, 5) is 24.6. The number of carboxylic acid groups (broad SMARTS) is 1. The second kappa shape index (κ2) is 7.16. The van der Waals surface area contributed by atoms with Crippen molar-refractivity contribution in [2.45, 2.75) is 45.0 Å². The van der Waals surface area contributed by atoms with Crippen molar-refractivity contribution < 1.29 is 23.4 Å². The van der Waals surface area contributed by atoms with Crippen LogP contribution in [-0.4, -0.2) is 22.3 Å². The molecule has 0 radical (unpaired) electrons. The van der Waals surface area contributed by atoms with Crippen LogP contribution < -0.4 is 15.5 Å². The van der Waals surface area contributed by atoms with Crippen molar-refractivity contribution in [1.29, 1.82) is 0 Å². The molecule has 5 rings (SSSR count). The number of carboxylic acids is 1. The molecule has 1 saturated carbocycles. The summed E-state index contributed by atoms with van der Waals surface area (Å²) in [7, 11) is 0. The SMILES string of the molecule is C[C@H]1NCc2cc(-c3cc(OC(F)F)c4c(c3)c(=O)c(C(=O)O)cn4C3CC3)ccc21. The predicted octanol–water partition coefficient (Wildman–Crippen LogP) is 4.47. The van der Waals surface area contributed by atoms with Crippen molar-refractivity contribution in [3.63, 3.8) is 0 Å². The Kier molecular flexibility index (Phi) is 4.55. The zero-order valence-corrected chi connectivity index (χ0v) is 16.7. The minimum Gasteiger partial charge on any atom is -0.477 e. The molecule has 1 fully saturated rings. The Morgan fingerprint density at radius 2 is 2.00 bits per heavy atom. The van der Waals surface area contributed by atoms with E-state index >= 15 is 0 Å². The zero-order valence-electron chi connectivity index (χ0n) is 16.7. The first-order chi connectivity index (χ1) is 14.8. The Balaban J connectivity index is 1.78. The van der Waals surface area contributed by atoms with Crippen LogP contribution in [0.3, 0.4) is 0 Å². The number of carbonyl (C=O) groups is 1. The van der Waals surface area contributed by atoms with E-state index in [1.54, 1.807) is 10.6 Å². The van der Waals surface area contributed by atoms with E-state index in [1.165, 1.54) is 12.3 Å². The van der Waals surface area contributed by atoms with Crippen molar-refractivity contribution in [1.82, 2.24) is 9.88 Å². The first kappa shape index (κ1) is 19.7. The number of rotatable bonds is 5. The quantitative estimate of drug-likeness (QED) is 0.629. The van der Waals surface area contributed by atoms with Crippen LogP contribution in [0.4, 0.5) is 8.78 Å². The molecule has 0 amide bonds. The van der Waals surface area contributed by atoms with Gasteiger partial charge in [0.05, 0.1) is 10.9 Å². The van der Waals surface area contributed by atoms with Gasteiger partial charge in [-0.05, 0) is 60.2 Å². The van der Waals surface area contributed by atoms with Gasteiger partial charge in [-0.2, -0.15) is 8.78 Å². The predicted molar refractivity (Wildman–Crippen MR) is 111 cm³/mol. The Labute approximate surface area is 176 Å². The molecule has 3 aromatic rings.